The van der Waals surface area contributed by atoms with Crippen LogP contribution in [0.4, 0.5) is 5.13 Å². The molecule has 0 aliphatic rings. The molecule has 0 spiro atoms. The zero-order chi connectivity index (χ0) is 17.1. The molecule has 0 radical (unpaired) electrons. The first-order chi connectivity index (χ1) is 11.6. The van der Waals surface area contributed by atoms with Crippen molar-refractivity contribution in [3.8, 4) is 0 Å². The van der Waals surface area contributed by atoms with Crippen LogP contribution in [0.2, 0.25) is 5.02 Å². The molecule has 6 heteroatoms. The van der Waals surface area contributed by atoms with Crippen molar-refractivity contribution in [1.82, 2.24) is 9.97 Å². The lowest BCUT2D eigenvalue weighted by atomic mass is 10.2. The molecule has 2 heterocycles. The van der Waals surface area contributed by atoms with E-state index in [0.717, 1.165) is 27.8 Å². The van der Waals surface area contributed by atoms with Crippen molar-refractivity contribution in [2.24, 2.45) is 0 Å². The third kappa shape index (κ3) is 3.57. The van der Waals surface area contributed by atoms with Crippen molar-refractivity contribution in [2.75, 3.05) is 4.90 Å². The van der Waals surface area contributed by atoms with Gasteiger partial charge in [0, 0.05) is 23.8 Å². The lowest BCUT2D eigenvalue weighted by Crippen LogP contribution is -2.30. The second kappa shape index (κ2) is 7.28. The maximum Gasteiger partial charge on any atom is 0.229 e. The number of rotatable bonds is 5. The predicted octanol–water partition coefficient (Wildman–Crippen LogP) is 4.99. The number of pyridine rings is 1. The summed E-state index contributed by atoms with van der Waals surface area (Å²) in [5, 5.41) is 1.39. The summed E-state index contributed by atoms with van der Waals surface area (Å²) in [5.41, 5.74) is 2.90. The Bertz CT molecular complexity index is 863. The van der Waals surface area contributed by atoms with E-state index >= 15 is 0 Å². The number of aryl methyl sites for hydroxylation is 1. The highest BCUT2D eigenvalue weighted by atomic mass is 35.5. The number of hydrogen-bond donors (Lipinski definition) is 0. The number of aromatic nitrogens is 2. The van der Waals surface area contributed by atoms with Crippen LogP contribution in [0, 0.1) is 6.92 Å². The van der Waals surface area contributed by atoms with Crippen LogP contribution in [0.1, 0.15) is 30.9 Å². The van der Waals surface area contributed by atoms with Gasteiger partial charge in [0.15, 0.2) is 5.13 Å². The molecule has 1 amide bonds. The molecule has 1 aromatic carbocycles. The molecule has 0 atom stereocenters. The SMILES string of the molecule is CCCC(=O)N(Cc1cccnc1)c1nc2c(C)cc(Cl)cc2s1. The summed E-state index contributed by atoms with van der Waals surface area (Å²) in [5.74, 6) is 0.0733. The van der Waals surface area contributed by atoms with E-state index in [9.17, 15) is 4.79 Å². The Hall–Kier alpha value is -1.98. The van der Waals surface area contributed by atoms with Crippen LogP contribution in [0.15, 0.2) is 36.7 Å². The third-order valence-corrected chi connectivity index (χ3v) is 4.94. The van der Waals surface area contributed by atoms with Crippen molar-refractivity contribution >= 4 is 44.2 Å². The summed E-state index contributed by atoms with van der Waals surface area (Å²) >= 11 is 7.64. The van der Waals surface area contributed by atoms with Crippen LogP contribution in [-0.2, 0) is 11.3 Å². The molecule has 0 fully saturated rings. The van der Waals surface area contributed by atoms with E-state index < -0.39 is 0 Å². The molecule has 0 N–H and O–H groups in total. The number of amides is 1. The van der Waals surface area contributed by atoms with Gasteiger partial charge in [0.05, 0.1) is 16.8 Å². The fourth-order valence-corrected chi connectivity index (χ4v) is 3.98. The minimum atomic E-state index is 0.0733. The van der Waals surface area contributed by atoms with Gasteiger partial charge in [0.25, 0.3) is 0 Å². The van der Waals surface area contributed by atoms with Crippen LogP contribution >= 0.6 is 22.9 Å². The molecule has 4 nitrogen and oxygen atoms in total. The number of halogens is 1. The van der Waals surface area contributed by atoms with Gasteiger partial charge in [-0.2, -0.15) is 0 Å². The average Bonchev–Trinajstić information content (AvgIpc) is 2.97. The summed E-state index contributed by atoms with van der Waals surface area (Å²) in [6, 6.07) is 7.64. The van der Waals surface area contributed by atoms with Gasteiger partial charge in [-0.05, 0) is 42.7 Å². The van der Waals surface area contributed by atoms with Crippen molar-refractivity contribution in [1.29, 1.82) is 0 Å². The number of nitrogens with zero attached hydrogens (tertiary/aromatic N) is 3. The highest BCUT2D eigenvalue weighted by molar-refractivity contribution is 7.22. The molecular formula is C18H18ClN3OS. The van der Waals surface area contributed by atoms with Gasteiger partial charge < -0.3 is 0 Å². The first-order valence-corrected chi connectivity index (χ1v) is 9.04. The molecular weight excluding hydrogens is 342 g/mol. The molecule has 0 unspecified atom stereocenters. The fourth-order valence-electron chi connectivity index (χ4n) is 2.54. The Balaban J connectivity index is 2.01. The highest BCUT2D eigenvalue weighted by Crippen LogP contribution is 2.34. The second-order valence-corrected chi connectivity index (χ2v) is 7.10. The third-order valence-electron chi connectivity index (χ3n) is 3.70. The Labute approximate surface area is 150 Å². The molecule has 3 aromatic rings. The Morgan fingerprint density at radius 2 is 2.21 bits per heavy atom. The molecule has 124 valence electrons. The number of hydrogen-bond acceptors (Lipinski definition) is 4. The maximum atomic E-state index is 12.6. The van der Waals surface area contributed by atoms with Crippen LogP contribution in [-0.4, -0.2) is 15.9 Å². The second-order valence-electron chi connectivity index (χ2n) is 5.66. The zero-order valence-corrected chi connectivity index (χ0v) is 15.2. The largest absolute Gasteiger partial charge is 0.284 e. The summed E-state index contributed by atoms with van der Waals surface area (Å²) in [6.07, 6.45) is 4.81. The van der Waals surface area contributed by atoms with Gasteiger partial charge in [-0.3, -0.25) is 14.7 Å². The van der Waals surface area contributed by atoms with Gasteiger partial charge in [0.1, 0.15) is 0 Å². The van der Waals surface area contributed by atoms with E-state index in [0.29, 0.717) is 23.1 Å². The molecule has 3 rings (SSSR count). The summed E-state index contributed by atoms with van der Waals surface area (Å²) < 4.78 is 0.996. The molecule has 0 aliphatic carbocycles. The summed E-state index contributed by atoms with van der Waals surface area (Å²) in [6.45, 7) is 4.46. The summed E-state index contributed by atoms with van der Waals surface area (Å²) in [4.78, 5) is 23.2. The molecule has 0 bridgehead atoms. The lowest BCUT2D eigenvalue weighted by Gasteiger charge is -2.19. The van der Waals surface area contributed by atoms with E-state index in [4.69, 9.17) is 16.6 Å². The Morgan fingerprint density at radius 3 is 2.92 bits per heavy atom. The first-order valence-electron chi connectivity index (χ1n) is 7.84. The summed E-state index contributed by atoms with van der Waals surface area (Å²) in [7, 11) is 0. The van der Waals surface area contributed by atoms with Crippen LogP contribution in [0.5, 0.6) is 0 Å². The number of anilines is 1. The van der Waals surface area contributed by atoms with Crippen molar-refractivity contribution in [3.63, 3.8) is 0 Å². The molecule has 0 aliphatic heterocycles. The van der Waals surface area contributed by atoms with Gasteiger partial charge in [-0.1, -0.05) is 35.9 Å². The number of benzene rings is 1. The number of carbonyl (C=O) groups excluding carboxylic acids is 1. The standard InChI is InChI=1S/C18H18ClN3OS/c1-3-5-16(23)22(11-13-6-4-7-20-10-13)18-21-17-12(2)8-14(19)9-15(17)24-18/h4,6-10H,3,5,11H2,1-2H3. The molecule has 24 heavy (non-hydrogen) atoms. The van der Waals surface area contributed by atoms with Gasteiger partial charge in [-0.15, -0.1) is 0 Å². The minimum Gasteiger partial charge on any atom is -0.284 e. The highest BCUT2D eigenvalue weighted by Gasteiger charge is 2.20. The van der Waals surface area contributed by atoms with Gasteiger partial charge >= 0.3 is 0 Å². The smallest absolute Gasteiger partial charge is 0.229 e. The normalized spacial score (nSPS) is 11.0. The molecule has 2 aromatic heterocycles. The van der Waals surface area contributed by atoms with Gasteiger partial charge in [0.2, 0.25) is 5.91 Å². The van der Waals surface area contributed by atoms with E-state index in [1.165, 1.54) is 11.3 Å². The van der Waals surface area contributed by atoms with Crippen molar-refractivity contribution in [3.05, 3.63) is 52.8 Å². The van der Waals surface area contributed by atoms with Crippen molar-refractivity contribution in [2.45, 2.75) is 33.2 Å². The number of carbonyl (C=O) groups is 1. The van der Waals surface area contributed by atoms with Crippen LogP contribution in [0.25, 0.3) is 10.2 Å². The van der Waals surface area contributed by atoms with E-state index in [1.807, 2.05) is 38.1 Å². The fraction of sp³-hybridized carbons (Fsp3) is 0.278. The topological polar surface area (TPSA) is 46.1 Å². The number of fused-ring (bicyclic) bond motifs is 1. The lowest BCUT2D eigenvalue weighted by molar-refractivity contribution is -0.118. The number of thiazole rings is 1. The monoisotopic (exact) mass is 359 g/mol. The Morgan fingerprint density at radius 1 is 1.38 bits per heavy atom. The maximum absolute atomic E-state index is 12.6. The van der Waals surface area contributed by atoms with Crippen molar-refractivity contribution < 1.29 is 4.79 Å². The van der Waals surface area contributed by atoms with Crippen LogP contribution < -0.4 is 4.90 Å². The first kappa shape index (κ1) is 16.9. The molecule has 0 saturated carbocycles. The Kier molecular flexibility index (Phi) is 5.11. The van der Waals surface area contributed by atoms with E-state index in [-0.39, 0.29) is 5.91 Å². The predicted molar refractivity (Wildman–Crippen MR) is 99.7 cm³/mol. The minimum absolute atomic E-state index is 0.0733. The van der Waals surface area contributed by atoms with E-state index in [2.05, 4.69) is 4.98 Å². The average molecular weight is 360 g/mol. The zero-order valence-electron chi connectivity index (χ0n) is 13.6. The van der Waals surface area contributed by atoms with E-state index in [1.54, 1.807) is 17.3 Å². The van der Waals surface area contributed by atoms with Gasteiger partial charge in [-0.25, -0.2) is 4.98 Å². The quantitative estimate of drug-likeness (QED) is 0.645. The molecule has 0 saturated heterocycles. The van der Waals surface area contributed by atoms with Crippen LogP contribution in [0.3, 0.4) is 0 Å².